The van der Waals surface area contributed by atoms with Crippen molar-refractivity contribution in [3.63, 3.8) is 0 Å². The minimum atomic E-state index is -0.671. The van der Waals surface area contributed by atoms with Gasteiger partial charge in [0, 0.05) is 18.5 Å². The topological polar surface area (TPSA) is 65.9 Å². The summed E-state index contributed by atoms with van der Waals surface area (Å²) >= 11 is 0. The quantitative estimate of drug-likeness (QED) is 0.301. The van der Waals surface area contributed by atoms with E-state index in [0.717, 1.165) is 57.9 Å². The molecule has 0 aromatic rings. The highest BCUT2D eigenvalue weighted by molar-refractivity contribution is 14.0. The van der Waals surface area contributed by atoms with Crippen LogP contribution in [-0.2, 0) is 4.74 Å². The monoisotopic (exact) mass is 427 g/mol. The van der Waals surface area contributed by atoms with Gasteiger partial charge in [0.25, 0.3) is 0 Å². The fourth-order valence-corrected chi connectivity index (χ4v) is 2.63. The van der Waals surface area contributed by atoms with Gasteiger partial charge in [-0.25, -0.2) is 0 Å². The number of nitrogens with one attached hydrogen (secondary N) is 2. The molecule has 6 heteroatoms. The van der Waals surface area contributed by atoms with Crippen molar-refractivity contribution < 1.29 is 9.84 Å². The number of nitrogens with zero attached hydrogens (tertiary/aromatic N) is 1. The number of guanidine groups is 1. The smallest absolute Gasteiger partial charge is 0.191 e. The summed E-state index contributed by atoms with van der Waals surface area (Å²) in [6, 6.07) is 0. The van der Waals surface area contributed by atoms with Gasteiger partial charge in [0.05, 0.1) is 25.4 Å². The highest BCUT2D eigenvalue weighted by Gasteiger charge is 2.33. The fraction of sp³-hybridized carbons (Fsp3) is 0.938. The van der Waals surface area contributed by atoms with Crippen molar-refractivity contribution in [1.29, 1.82) is 0 Å². The van der Waals surface area contributed by atoms with Gasteiger partial charge in [-0.2, -0.15) is 0 Å². The van der Waals surface area contributed by atoms with E-state index in [4.69, 9.17) is 4.74 Å². The van der Waals surface area contributed by atoms with Crippen LogP contribution in [-0.4, -0.2) is 49.5 Å². The van der Waals surface area contributed by atoms with Crippen molar-refractivity contribution in [2.45, 2.75) is 59.0 Å². The predicted octanol–water partition coefficient (Wildman–Crippen LogP) is 2.53. The average Bonchev–Trinajstić information content (AvgIpc) is 2.40. The molecule has 0 aliphatic carbocycles. The third-order valence-corrected chi connectivity index (χ3v) is 3.89. The Labute approximate surface area is 152 Å². The van der Waals surface area contributed by atoms with Gasteiger partial charge in [-0.1, -0.05) is 33.6 Å². The summed E-state index contributed by atoms with van der Waals surface area (Å²) < 4.78 is 5.27. The van der Waals surface area contributed by atoms with Crippen molar-refractivity contribution in [2.24, 2.45) is 10.4 Å². The van der Waals surface area contributed by atoms with Gasteiger partial charge in [-0.3, -0.25) is 4.99 Å². The lowest BCUT2D eigenvalue weighted by molar-refractivity contribution is -0.0971. The van der Waals surface area contributed by atoms with Crippen LogP contribution in [0.4, 0.5) is 0 Å². The maximum atomic E-state index is 10.6. The zero-order chi connectivity index (χ0) is 15.8. The van der Waals surface area contributed by atoms with Crippen LogP contribution in [0.25, 0.3) is 0 Å². The van der Waals surface area contributed by atoms with E-state index in [1.165, 1.54) is 0 Å². The Bertz CT molecular complexity index is 327. The van der Waals surface area contributed by atoms with E-state index in [9.17, 15) is 5.11 Å². The molecule has 0 saturated carbocycles. The molecule has 0 radical (unpaired) electrons. The summed E-state index contributed by atoms with van der Waals surface area (Å²) in [5.41, 5.74) is -0.464. The summed E-state index contributed by atoms with van der Waals surface area (Å²) in [5.74, 6) is 0.788. The van der Waals surface area contributed by atoms with Gasteiger partial charge >= 0.3 is 0 Å². The summed E-state index contributed by atoms with van der Waals surface area (Å²) in [4.78, 5) is 4.59. The van der Waals surface area contributed by atoms with Gasteiger partial charge in [-0.15, -0.1) is 24.0 Å². The maximum absolute atomic E-state index is 10.6. The highest BCUT2D eigenvalue weighted by Crippen LogP contribution is 2.25. The van der Waals surface area contributed by atoms with Crippen molar-refractivity contribution in [2.75, 3.05) is 32.8 Å². The van der Waals surface area contributed by atoms with E-state index >= 15 is 0 Å². The largest absolute Gasteiger partial charge is 0.388 e. The minimum Gasteiger partial charge on any atom is -0.388 e. The van der Waals surface area contributed by atoms with E-state index in [0.29, 0.717) is 6.54 Å². The molecule has 1 saturated heterocycles. The second-order valence-corrected chi connectivity index (χ2v) is 6.58. The molecule has 1 aliphatic heterocycles. The van der Waals surface area contributed by atoms with Gasteiger partial charge < -0.3 is 20.5 Å². The highest BCUT2D eigenvalue weighted by atomic mass is 127. The number of ether oxygens (including phenoxy) is 1. The Morgan fingerprint density at radius 3 is 2.18 bits per heavy atom. The standard InChI is InChI=1S/C16H33N3O2.HI/c1-5-8-16(20,9-6-2)11-19-14(17-7-3)18-10-15(4)12-21-13-15;/h20H,5-13H2,1-4H3,(H2,17,18,19);1H. The van der Waals surface area contributed by atoms with Crippen molar-refractivity contribution in [3.8, 4) is 0 Å². The molecule has 1 rings (SSSR count). The van der Waals surface area contributed by atoms with Gasteiger partial charge in [0.1, 0.15) is 0 Å². The Morgan fingerprint density at radius 1 is 1.18 bits per heavy atom. The lowest BCUT2D eigenvalue weighted by Gasteiger charge is -2.38. The van der Waals surface area contributed by atoms with Gasteiger partial charge in [0.15, 0.2) is 5.96 Å². The SMILES string of the molecule is CCCC(O)(CCC)CN=C(NCC)NCC1(C)COC1.I. The van der Waals surface area contributed by atoms with Crippen LogP contribution in [0.15, 0.2) is 4.99 Å². The summed E-state index contributed by atoms with van der Waals surface area (Å²) in [6.07, 6.45) is 3.56. The third-order valence-electron chi connectivity index (χ3n) is 3.89. The number of aliphatic imine (C=N–C) groups is 1. The first-order valence-corrected chi connectivity index (χ1v) is 8.29. The predicted molar refractivity (Wildman–Crippen MR) is 103 cm³/mol. The number of aliphatic hydroxyl groups is 1. The molecular weight excluding hydrogens is 393 g/mol. The molecule has 5 nitrogen and oxygen atoms in total. The van der Waals surface area contributed by atoms with Crippen molar-refractivity contribution in [3.05, 3.63) is 0 Å². The number of hydrogen-bond donors (Lipinski definition) is 3. The molecule has 0 spiro atoms. The van der Waals surface area contributed by atoms with Crippen LogP contribution < -0.4 is 10.6 Å². The second-order valence-electron chi connectivity index (χ2n) is 6.58. The molecule has 22 heavy (non-hydrogen) atoms. The molecule has 0 aromatic heterocycles. The first-order chi connectivity index (χ1) is 9.97. The summed E-state index contributed by atoms with van der Waals surface area (Å²) in [7, 11) is 0. The van der Waals surface area contributed by atoms with Crippen LogP contribution in [0.2, 0.25) is 0 Å². The fourth-order valence-electron chi connectivity index (χ4n) is 2.63. The van der Waals surface area contributed by atoms with Crippen LogP contribution in [0.3, 0.4) is 0 Å². The van der Waals surface area contributed by atoms with Gasteiger partial charge in [0.2, 0.25) is 0 Å². The van der Waals surface area contributed by atoms with Gasteiger partial charge in [-0.05, 0) is 19.8 Å². The molecule has 0 unspecified atom stereocenters. The molecule has 0 aromatic carbocycles. The lowest BCUT2D eigenvalue weighted by atomic mass is 9.89. The Kier molecular flexibility index (Phi) is 10.6. The molecular formula is C16H34IN3O2. The van der Waals surface area contributed by atoms with Crippen molar-refractivity contribution >= 4 is 29.9 Å². The van der Waals surface area contributed by atoms with Crippen LogP contribution in [0.5, 0.6) is 0 Å². The third kappa shape index (κ3) is 7.46. The van der Waals surface area contributed by atoms with E-state index in [2.05, 4.69) is 43.3 Å². The first kappa shape index (κ1) is 21.9. The molecule has 1 aliphatic rings. The van der Waals surface area contributed by atoms with Crippen LogP contribution in [0, 0.1) is 5.41 Å². The Hall–Kier alpha value is -0.0800. The summed E-state index contributed by atoms with van der Waals surface area (Å²) in [6.45, 7) is 12.2. The molecule has 0 amide bonds. The second kappa shape index (κ2) is 10.6. The maximum Gasteiger partial charge on any atom is 0.191 e. The first-order valence-electron chi connectivity index (χ1n) is 8.29. The molecule has 0 bridgehead atoms. The molecule has 132 valence electrons. The molecule has 0 atom stereocenters. The zero-order valence-electron chi connectivity index (χ0n) is 14.6. The van der Waals surface area contributed by atoms with E-state index < -0.39 is 5.60 Å². The molecule has 1 heterocycles. The Morgan fingerprint density at radius 2 is 1.77 bits per heavy atom. The zero-order valence-corrected chi connectivity index (χ0v) is 16.9. The number of hydrogen-bond acceptors (Lipinski definition) is 3. The lowest BCUT2D eigenvalue weighted by Crippen LogP contribution is -2.51. The summed E-state index contributed by atoms with van der Waals surface area (Å²) in [5, 5.41) is 17.2. The number of rotatable bonds is 9. The molecule has 1 fully saturated rings. The van der Waals surface area contributed by atoms with E-state index in [1.54, 1.807) is 0 Å². The van der Waals surface area contributed by atoms with Crippen LogP contribution >= 0.6 is 24.0 Å². The molecule has 3 N–H and O–H groups in total. The number of halogens is 1. The normalized spacial score (nSPS) is 17.4. The Balaban J connectivity index is 0.00000441. The van der Waals surface area contributed by atoms with E-state index in [1.807, 2.05) is 0 Å². The van der Waals surface area contributed by atoms with Crippen molar-refractivity contribution in [1.82, 2.24) is 10.6 Å². The van der Waals surface area contributed by atoms with E-state index in [-0.39, 0.29) is 29.4 Å². The van der Waals surface area contributed by atoms with Crippen LogP contribution in [0.1, 0.15) is 53.4 Å². The minimum absolute atomic E-state index is 0. The average molecular weight is 427 g/mol.